The molecule has 1 saturated carbocycles. The largest absolute Gasteiger partial charge is 0.383 e. The number of thiol groups is 1. The highest BCUT2D eigenvalue weighted by Crippen LogP contribution is 2.28. The fraction of sp³-hybridized carbons (Fsp3) is 1.00. The minimum Gasteiger partial charge on any atom is -0.383 e. The van der Waals surface area contributed by atoms with Crippen molar-refractivity contribution < 1.29 is 4.74 Å². The SMILES string of the molecule is CC.CCC1CCC(N(C)CCOC)CC1.CS. The Hall–Kier alpha value is 0.270. The van der Waals surface area contributed by atoms with Gasteiger partial charge in [0.2, 0.25) is 0 Å². The summed E-state index contributed by atoms with van der Waals surface area (Å²) in [5.41, 5.74) is 0. The zero-order valence-corrected chi connectivity index (χ0v) is 14.3. The third-order valence-electron chi connectivity index (χ3n) is 3.67. The van der Waals surface area contributed by atoms with Crippen LogP contribution in [-0.2, 0) is 4.74 Å². The van der Waals surface area contributed by atoms with Crippen LogP contribution in [0.15, 0.2) is 0 Å². The molecule has 1 fully saturated rings. The molecule has 2 nitrogen and oxygen atoms in total. The molecule has 112 valence electrons. The van der Waals surface area contributed by atoms with Gasteiger partial charge in [0.1, 0.15) is 0 Å². The number of hydrogen-bond acceptors (Lipinski definition) is 3. The lowest BCUT2D eigenvalue weighted by Gasteiger charge is -2.34. The van der Waals surface area contributed by atoms with Crippen LogP contribution in [0.2, 0.25) is 0 Å². The van der Waals surface area contributed by atoms with Gasteiger partial charge in [-0.05, 0) is 44.9 Å². The second-order valence-electron chi connectivity index (χ2n) is 4.56. The minimum atomic E-state index is 0.813. The molecule has 0 heterocycles. The molecule has 0 amide bonds. The van der Waals surface area contributed by atoms with E-state index in [-0.39, 0.29) is 0 Å². The van der Waals surface area contributed by atoms with Crippen LogP contribution in [-0.4, -0.2) is 44.5 Å². The Kier molecular flexibility index (Phi) is 17.5. The topological polar surface area (TPSA) is 12.5 Å². The number of hydrogen-bond donors (Lipinski definition) is 1. The Bertz CT molecular complexity index is 147. The van der Waals surface area contributed by atoms with Gasteiger partial charge in [-0.1, -0.05) is 27.2 Å². The third kappa shape index (κ3) is 9.23. The summed E-state index contributed by atoms with van der Waals surface area (Å²) in [7, 11) is 4.01. The van der Waals surface area contributed by atoms with Crippen LogP contribution in [0.5, 0.6) is 0 Å². The van der Waals surface area contributed by atoms with Gasteiger partial charge in [-0.3, -0.25) is 0 Å². The number of methoxy groups -OCH3 is 1. The molecule has 1 aliphatic rings. The minimum absolute atomic E-state index is 0.813. The highest BCUT2D eigenvalue weighted by atomic mass is 32.1. The Morgan fingerprint density at radius 2 is 1.61 bits per heavy atom. The first-order chi connectivity index (χ1) is 8.77. The lowest BCUT2D eigenvalue weighted by Crippen LogP contribution is -2.37. The van der Waals surface area contributed by atoms with Crippen molar-refractivity contribution in [3.8, 4) is 0 Å². The predicted octanol–water partition coefficient (Wildman–Crippen LogP) is 4.11. The van der Waals surface area contributed by atoms with Crippen molar-refractivity contribution in [2.24, 2.45) is 5.92 Å². The predicted molar refractivity (Wildman–Crippen MR) is 86.8 cm³/mol. The van der Waals surface area contributed by atoms with Crippen molar-refractivity contribution in [1.29, 1.82) is 0 Å². The maximum Gasteiger partial charge on any atom is 0.0589 e. The number of ether oxygens (including phenoxy) is 1. The molecule has 0 aromatic rings. The molecule has 0 spiro atoms. The van der Waals surface area contributed by atoms with Crippen LogP contribution in [0.1, 0.15) is 52.9 Å². The summed E-state index contributed by atoms with van der Waals surface area (Å²) in [6, 6.07) is 0.813. The molecule has 0 aliphatic heterocycles. The second kappa shape index (κ2) is 15.3. The Labute approximate surface area is 121 Å². The van der Waals surface area contributed by atoms with E-state index in [9.17, 15) is 0 Å². The molecule has 0 saturated heterocycles. The van der Waals surface area contributed by atoms with Crippen molar-refractivity contribution in [1.82, 2.24) is 4.90 Å². The summed E-state index contributed by atoms with van der Waals surface area (Å²) in [4.78, 5) is 2.47. The van der Waals surface area contributed by atoms with Crippen molar-refractivity contribution in [3.63, 3.8) is 0 Å². The molecular weight excluding hydrogens is 242 g/mol. The smallest absolute Gasteiger partial charge is 0.0589 e. The fourth-order valence-electron chi connectivity index (χ4n) is 2.41. The molecule has 0 N–H and O–H groups in total. The van der Waals surface area contributed by atoms with Gasteiger partial charge < -0.3 is 9.64 Å². The maximum absolute atomic E-state index is 5.10. The van der Waals surface area contributed by atoms with Gasteiger partial charge in [-0.15, -0.1) is 0 Å². The summed E-state index contributed by atoms with van der Waals surface area (Å²) >= 11 is 3.53. The number of likely N-dealkylation sites (N-methyl/N-ethyl adjacent to an activating group) is 1. The number of nitrogens with zero attached hydrogens (tertiary/aromatic N) is 1. The van der Waals surface area contributed by atoms with Crippen LogP contribution in [0, 0.1) is 5.92 Å². The number of rotatable bonds is 5. The maximum atomic E-state index is 5.10. The van der Waals surface area contributed by atoms with Crippen LogP contribution in [0.25, 0.3) is 0 Å². The monoisotopic (exact) mass is 277 g/mol. The second-order valence-corrected chi connectivity index (χ2v) is 4.56. The third-order valence-corrected chi connectivity index (χ3v) is 3.67. The van der Waals surface area contributed by atoms with E-state index in [0.717, 1.165) is 25.1 Å². The standard InChI is InChI=1S/C12H25NO.C2H6.CH4S/c1-4-11-5-7-12(8-6-11)13(2)9-10-14-3;2*1-2/h11-12H,4-10H2,1-3H3;1-2H3;2H,1H3. The summed E-state index contributed by atoms with van der Waals surface area (Å²) in [5.74, 6) is 1.00. The first kappa shape index (κ1) is 20.6. The molecule has 1 aliphatic carbocycles. The molecular formula is C15H35NOS. The Morgan fingerprint density at radius 1 is 1.11 bits per heavy atom. The van der Waals surface area contributed by atoms with E-state index in [1.165, 1.54) is 32.1 Å². The normalized spacial score (nSPS) is 22.7. The molecule has 0 bridgehead atoms. The van der Waals surface area contributed by atoms with Crippen molar-refractivity contribution >= 4 is 12.6 Å². The van der Waals surface area contributed by atoms with E-state index in [2.05, 4.69) is 31.5 Å². The highest BCUT2D eigenvalue weighted by molar-refractivity contribution is 7.79. The summed E-state index contributed by atoms with van der Waals surface area (Å²) < 4.78 is 5.10. The van der Waals surface area contributed by atoms with Crippen molar-refractivity contribution in [3.05, 3.63) is 0 Å². The van der Waals surface area contributed by atoms with Gasteiger partial charge in [0.25, 0.3) is 0 Å². The van der Waals surface area contributed by atoms with E-state index in [0.29, 0.717) is 0 Å². The lowest BCUT2D eigenvalue weighted by atomic mass is 9.84. The molecule has 3 heteroatoms. The van der Waals surface area contributed by atoms with Gasteiger partial charge in [-0.2, -0.15) is 12.6 Å². The molecule has 0 atom stereocenters. The van der Waals surface area contributed by atoms with Crippen molar-refractivity contribution in [2.45, 2.75) is 58.9 Å². The summed E-state index contributed by atoms with van der Waals surface area (Å²) in [6.45, 7) is 8.27. The lowest BCUT2D eigenvalue weighted by molar-refractivity contribution is 0.113. The first-order valence-electron chi connectivity index (χ1n) is 7.41. The first-order valence-corrected chi connectivity index (χ1v) is 8.31. The molecule has 1 rings (SSSR count). The molecule has 18 heavy (non-hydrogen) atoms. The van der Waals surface area contributed by atoms with Gasteiger partial charge in [0.05, 0.1) is 6.61 Å². The Morgan fingerprint density at radius 3 is 2.00 bits per heavy atom. The van der Waals surface area contributed by atoms with E-state index in [1.54, 1.807) is 13.4 Å². The molecule has 0 aromatic carbocycles. The van der Waals surface area contributed by atoms with Crippen LogP contribution in [0.4, 0.5) is 0 Å². The quantitative estimate of drug-likeness (QED) is 0.759. The summed E-state index contributed by atoms with van der Waals surface area (Å²) in [6.07, 6.45) is 8.70. The molecule has 0 unspecified atom stereocenters. The summed E-state index contributed by atoms with van der Waals surface area (Å²) in [5, 5.41) is 0. The average Bonchev–Trinajstić information content (AvgIpc) is 2.49. The molecule has 0 radical (unpaired) electrons. The van der Waals surface area contributed by atoms with Gasteiger partial charge in [0, 0.05) is 19.7 Å². The van der Waals surface area contributed by atoms with Crippen LogP contribution < -0.4 is 0 Å². The van der Waals surface area contributed by atoms with Gasteiger partial charge in [-0.25, -0.2) is 0 Å². The molecule has 0 aromatic heterocycles. The van der Waals surface area contributed by atoms with E-state index >= 15 is 0 Å². The van der Waals surface area contributed by atoms with Crippen molar-refractivity contribution in [2.75, 3.05) is 33.6 Å². The van der Waals surface area contributed by atoms with E-state index in [1.807, 2.05) is 13.8 Å². The zero-order chi connectivity index (χ0) is 14.4. The van der Waals surface area contributed by atoms with Gasteiger partial charge >= 0.3 is 0 Å². The van der Waals surface area contributed by atoms with Gasteiger partial charge in [0.15, 0.2) is 0 Å². The zero-order valence-electron chi connectivity index (χ0n) is 13.4. The highest BCUT2D eigenvalue weighted by Gasteiger charge is 2.22. The van der Waals surface area contributed by atoms with E-state index in [4.69, 9.17) is 4.74 Å². The van der Waals surface area contributed by atoms with Crippen LogP contribution >= 0.6 is 12.6 Å². The van der Waals surface area contributed by atoms with Crippen LogP contribution in [0.3, 0.4) is 0 Å². The van der Waals surface area contributed by atoms with E-state index < -0.39 is 0 Å². The Balaban J connectivity index is 0. The average molecular weight is 278 g/mol. The fourth-order valence-corrected chi connectivity index (χ4v) is 2.41.